The van der Waals surface area contributed by atoms with E-state index in [9.17, 15) is 9.59 Å². The molecule has 1 amide bonds. The van der Waals surface area contributed by atoms with Gasteiger partial charge in [0.15, 0.2) is 12.2 Å². The van der Waals surface area contributed by atoms with Gasteiger partial charge in [0.05, 0.1) is 18.7 Å². The normalized spacial score (nSPS) is 12.2. The Balaban J connectivity index is 1.86. The zero-order chi connectivity index (χ0) is 19.8. The molecule has 0 heterocycles. The number of rotatable bonds is 7. The number of methoxy groups -OCH3 is 1. The van der Waals surface area contributed by atoms with Crippen LogP contribution in [0.1, 0.15) is 19.4 Å². The molecule has 2 atom stereocenters. The third kappa shape index (κ3) is 5.75. The maximum atomic E-state index is 12.2. The molecule has 2 aromatic rings. The first-order valence-corrected chi connectivity index (χ1v) is 8.25. The van der Waals surface area contributed by atoms with Gasteiger partial charge in [-0.2, -0.15) is 5.26 Å². The standard InChI is InChI=1S/C20H20N2O5/c1-13(19(23)22-16-6-10-17(25-3)11-7-16)27-20(24)14(2)26-18-8-4-15(12-21)5-9-18/h4-11,13-14H,1-3H3,(H,22,23)/t13-,14+/m0/s1. The van der Waals surface area contributed by atoms with Gasteiger partial charge in [-0.25, -0.2) is 4.79 Å². The molecule has 0 aromatic heterocycles. The Labute approximate surface area is 157 Å². The topological polar surface area (TPSA) is 97.7 Å². The molecule has 1 N–H and O–H groups in total. The summed E-state index contributed by atoms with van der Waals surface area (Å²) < 4.78 is 15.7. The Bertz CT molecular complexity index is 825. The number of esters is 1. The van der Waals surface area contributed by atoms with E-state index < -0.39 is 24.1 Å². The van der Waals surface area contributed by atoms with E-state index in [2.05, 4.69) is 5.32 Å². The summed E-state index contributed by atoms with van der Waals surface area (Å²) in [7, 11) is 1.55. The Morgan fingerprint density at radius 1 is 0.963 bits per heavy atom. The summed E-state index contributed by atoms with van der Waals surface area (Å²) in [6.07, 6.45) is -1.90. The average molecular weight is 368 g/mol. The first-order valence-electron chi connectivity index (χ1n) is 8.25. The molecular formula is C20H20N2O5. The van der Waals surface area contributed by atoms with Crippen LogP contribution in [0.25, 0.3) is 0 Å². The first kappa shape index (κ1) is 19.8. The number of hydrogen-bond donors (Lipinski definition) is 1. The second kappa shape index (κ2) is 9.25. The lowest BCUT2D eigenvalue weighted by molar-refractivity contribution is -0.159. The Kier molecular flexibility index (Phi) is 6.78. The van der Waals surface area contributed by atoms with E-state index in [0.29, 0.717) is 22.7 Å². The molecule has 27 heavy (non-hydrogen) atoms. The molecule has 0 aliphatic carbocycles. The van der Waals surface area contributed by atoms with E-state index in [-0.39, 0.29) is 0 Å². The van der Waals surface area contributed by atoms with Gasteiger partial charge >= 0.3 is 5.97 Å². The van der Waals surface area contributed by atoms with Gasteiger partial charge in [0.25, 0.3) is 5.91 Å². The smallest absolute Gasteiger partial charge is 0.347 e. The molecule has 7 nitrogen and oxygen atoms in total. The Morgan fingerprint density at radius 2 is 1.56 bits per heavy atom. The van der Waals surface area contributed by atoms with Gasteiger partial charge in [0.1, 0.15) is 11.5 Å². The van der Waals surface area contributed by atoms with Gasteiger partial charge in [-0.1, -0.05) is 0 Å². The molecule has 0 bridgehead atoms. The molecule has 0 aliphatic heterocycles. The summed E-state index contributed by atoms with van der Waals surface area (Å²) in [6, 6.07) is 15.1. The van der Waals surface area contributed by atoms with Crippen LogP contribution in [0.5, 0.6) is 11.5 Å². The summed E-state index contributed by atoms with van der Waals surface area (Å²) in [5.74, 6) is -0.0362. The highest BCUT2D eigenvalue weighted by molar-refractivity contribution is 5.95. The summed E-state index contributed by atoms with van der Waals surface area (Å²) in [5.41, 5.74) is 1.05. The number of anilines is 1. The van der Waals surface area contributed by atoms with Gasteiger partial charge in [-0.3, -0.25) is 4.79 Å². The zero-order valence-corrected chi connectivity index (χ0v) is 15.3. The van der Waals surface area contributed by atoms with Gasteiger partial charge < -0.3 is 19.5 Å². The third-order valence-corrected chi connectivity index (χ3v) is 3.65. The van der Waals surface area contributed by atoms with Crippen molar-refractivity contribution >= 4 is 17.6 Å². The van der Waals surface area contributed by atoms with Crippen molar-refractivity contribution in [3.8, 4) is 17.6 Å². The quantitative estimate of drug-likeness (QED) is 0.755. The summed E-state index contributed by atoms with van der Waals surface area (Å²) in [5, 5.41) is 11.4. The van der Waals surface area contributed by atoms with Gasteiger partial charge in [-0.15, -0.1) is 0 Å². The molecule has 140 valence electrons. The van der Waals surface area contributed by atoms with Gasteiger partial charge in [0, 0.05) is 5.69 Å². The van der Waals surface area contributed by atoms with Crippen LogP contribution in [0.3, 0.4) is 0 Å². The minimum Gasteiger partial charge on any atom is -0.497 e. The molecule has 2 rings (SSSR count). The van der Waals surface area contributed by atoms with Crippen LogP contribution in [-0.2, 0) is 14.3 Å². The van der Waals surface area contributed by atoms with Crippen molar-refractivity contribution < 1.29 is 23.8 Å². The minimum atomic E-state index is -0.994. The Hall–Kier alpha value is -3.53. The molecule has 0 unspecified atom stereocenters. The molecular weight excluding hydrogens is 348 g/mol. The van der Waals surface area contributed by atoms with E-state index >= 15 is 0 Å². The van der Waals surface area contributed by atoms with Crippen LogP contribution in [0.15, 0.2) is 48.5 Å². The number of nitriles is 1. The van der Waals surface area contributed by atoms with Crippen LogP contribution < -0.4 is 14.8 Å². The maximum absolute atomic E-state index is 12.2. The van der Waals surface area contributed by atoms with Crippen molar-refractivity contribution in [2.45, 2.75) is 26.1 Å². The number of nitrogens with one attached hydrogen (secondary N) is 1. The second-order valence-corrected chi connectivity index (χ2v) is 5.69. The molecule has 7 heteroatoms. The van der Waals surface area contributed by atoms with Crippen molar-refractivity contribution in [3.63, 3.8) is 0 Å². The number of carbonyl (C=O) groups is 2. The van der Waals surface area contributed by atoms with Crippen LogP contribution in [0.2, 0.25) is 0 Å². The van der Waals surface area contributed by atoms with E-state index in [1.54, 1.807) is 55.6 Å². The number of carbonyl (C=O) groups excluding carboxylic acids is 2. The van der Waals surface area contributed by atoms with E-state index in [0.717, 1.165) is 0 Å². The SMILES string of the molecule is COc1ccc(NC(=O)[C@H](C)OC(=O)[C@@H](C)Oc2ccc(C#N)cc2)cc1. The monoisotopic (exact) mass is 368 g/mol. The lowest BCUT2D eigenvalue weighted by Crippen LogP contribution is -2.35. The molecule has 2 aromatic carbocycles. The zero-order valence-electron chi connectivity index (χ0n) is 15.3. The number of amides is 1. The minimum absolute atomic E-state index is 0.425. The largest absolute Gasteiger partial charge is 0.497 e. The number of ether oxygens (including phenoxy) is 3. The fourth-order valence-corrected chi connectivity index (χ4v) is 2.10. The fourth-order valence-electron chi connectivity index (χ4n) is 2.10. The van der Waals surface area contributed by atoms with Crippen molar-refractivity contribution in [2.24, 2.45) is 0 Å². The van der Waals surface area contributed by atoms with Crippen molar-refractivity contribution in [1.82, 2.24) is 0 Å². The highest BCUT2D eigenvalue weighted by Crippen LogP contribution is 2.16. The highest BCUT2D eigenvalue weighted by atomic mass is 16.6. The average Bonchev–Trinajstić information content (AvgIpc) is 2.68. The van der Waals surface area contributed by atoms with Crippen LogP contribution in [-0.4, -0.2) is 31.2 Å². The van der Waals surface area contributed by atoms with Crippen LogP contribution in [0, 0.1) is 11.3 Å². The van der Waals surface area contributed by atoms with Crippen LogP contribution >= 0.6 is 0 Å². The fraction of sp³-hybridized carbons (Fsp3) is 0.250. The van der Waals surface area contributed by atoms with Crippen LogP contribution in [0.4, 0.5) is 5.69 Å². The predicted molar refractivity (Wildman–Crippen MR) is 98.4 cm³/mol. The molecule has 0 aliphatic rings. The van der Waals surface area contributed by atoms with E-state index in [4.69, 9.17) is 19.5 Å². The Morgan fingerprint density at radius 3 is 2.11 bits per heavy atom. The summed E-state index contributed by atoms with van der Waals surface area (Å²) in [6.45, 7) is 3.00. The van der Waals surface area contributed by atoms with Crippen molar-refractivity contribution in [2.75, 3.05) is 12.4 Å². The van der Waals surface area contributed by atoms with E-state index in [1.165, 1.54) is 13.8 Å². The molecule has 0 spiro atoms. The number of hydrogen-bond acceptors (Lipinski definition) is 6. The predicted octanol–water partition coefficient (Wildman–Crippen LogP) is 2.90. The lowest BCUT2D eigenvalue weighted by Gasteiger charge is -2.18. The van der Waals surface area contributed by atoms with E-state index in [1.807, 2.05) is 6.07 Å². The number of benzene rings is 2. The highest BCUT2D eigenvalue weighted by Gasteiger charge is 2.23. The second-order valence-electron chi connectivity index (χ2n) is 5.69. The summed E-state index contributed by atoms with van der Waals surface area (Å²) in [4.78, 5) is 24.3. The molecule has 0 saturated carbocycles. The number of nitrogens with zero attached hydrogens (tertiary/aromatic N) is 1. The molecule has 0 saturated heterocycles. The van der Waals surface area contributed by atoms with Crippen molar-refractivity contribution in [3.05, 3.63) is 54.1 Å². The first-order chi connectivity index (χ1) is 12.9. The third-order valence-electron chi connectivity index (χ3n) is 3.65. The summed E-state index contributed by atoms with van der Waals surface area (Å²) >= 11 is 0. The van der Waals surface area contributed by atoms with Gasteiger partial charge in [0.2, 0.25) is 0 Å². The lowest BCUT2D eigenvalue weighted by atomic mass is 10.2. The molecule has 0 fully saturated rings. The molecule has 0 radical (unpaired) electrons. The maximum Gasteiger partial charge on any atom is 0.347 e. The van der Waals surface area contributed by atoms with Crippen molar-refractivity contribution in [1.29, 1.82) is 5.26 Å². The van der Waals surface area contributed by atoms with Gasteiger partial charge in [-0.05, 0) is 62.4 Å².